The van der Waals surface area contributed by atoms with Gasteiger partial charge in [-0.25, -0.2) is 0 Å². The second-order valence-electron chi connectivity index (χ2n) is 2.34. The fourth-order valence-corrected chi connectivity index (χ4v) is 0.809. The molecule has 11 heavy (non-hydrogen) atoms. The summed E-state index contributed by atoms with van der Waals surface area (Å²) in [6, 6.07) is 0. The van der Waals surface area contributed by atoms with E-state index in [0.29, 0.717) is 6.42 Å². The summed E-state index contributed by atoms with van der Waals surface area (Å²) in [5, 5.41) is 0. The van der Waals surface area contributed by atoms with Crippen molar-refractivity contribution in [1.82, 2.24) is 0 Å². The van der Waals surface area contributed by atoms with Crippen LogP contribution in [0.15, 0.2) is 11.8 Å². The fraction of sp³-hybridized carbons (Fsp3) is 0.750. The van der Waals surface area contributed by atoms with Crippen molar-refractivity contribution in [3.8, 4) is 0 Å². The lowest BCUT2D eigenvalue weighted by Crippen LogP contribution is -1.88. The smallest absolute Gasteiger partial charge is 0.307 e. The van der Waals surface area contributed by atoms with Gasteiger partial charge in [-0.1, -0.05) is 19.8 Å². The zero-order valence-electron chi connectivity index (χ0n) is 6.99. The second-order valence-corrected chi connectivity index (χ2v) is 2.34. The van der Waals surface area contributed by atoms with Gasteiger partial charge < -0.3 is 4.74 Å². The van der Waals surface area contributed by atoms with Gasteiger partial charge >= 0.3 is 6.08 Å². The minimum Gasteiger partial charge on any atom is -0.496 e. The van der Waals surface area contributed by atoms with Crippen LogP contribution in [-0.4, -0.2) is 7.11 Å². The summed E-state index contributed by atoms with van der Waals surface area (Å²) in [7, 11) is 1.28. The Bertz CT molecular complexity index is 128. The predicted octanol–water partition coefficient (Wildman–Crippen LogP) is 3.32. The van der Waals surface area contributed by atoms with E-state index in [1.807, 2.05) is 6.92 Å². The zero-order chi connectivity index (χ0) is 8.69. The lowest BCUT2D eigenvalue weighted by Gasteiger charge is -2.02. The van der Waals surface area contributed by atoms with Gasteiger partial charge in [-0.3, -0.25) is 0 Å². The Balaban J connectivity index is 3.63. The van der Waals surface area contributed by atoms with Crippen molar-refractivity contribution in [3.63, 3.8) is 0 Å². The zero-order valence-corrected chi connectivity index (χ0v) is 6.99. The first-order chi connectivity index (χ1) is 5.22. The number of ether oxygens (including phenoxy) is 1. The van der Waals surface area contributed by atoms with E-state index in [-0.39, 0.29) is 5.76 Å². The molecule has 0 N–H and O–H groups in total. The standard InChI is InChI=1S/C8H14F2O/c1-3-4-5-6-7(11-2)8(9)10/h3-6H2,1-2H3. The van der Waals surface area contributed by atoms with Crippen molar-refractivity contribution in [2.24, 2.45) is 0 Å². The molecule has 0 aromatic carbocycles. The van der Waals surface area contributed by atoms with Crippen LogP contribution < -0.4 is 0 Å². The first-order valence-corrected chi connectivity index (χ1v) is 3.80. The highest BCUT2D eigenvalue weighted by Gasteiger charge is 2.04. The van der Waals surface area contributed by atoms with E-state index in [2.05, 4.69) is 4.74 Å². The first kappa shape index (κ1) is 10.4. The number of allylic oxidation sites excluding steroid dienone is 1. The quantitative estimate of drug-likeness (QED) is 0.447. The first-order valence-electron chi connectivity index (χ1n) is 3.80. The summed E-state index contributed by atoms with van der Waals surface area (Å²) in [4.78, 5) is 0. The summed E-state index contributed by atoms with van der Waals surface area (Å²) in [5.74, 6) is -0.168. The SMILES string of the molecule is CCCCCC(OC)=C(F)F. The lowest BCUT2D eigenvalue weighted by atomic mass is 10.2. The maximum atomic E-state index is 11.9. The molecule has 66 valence electrons. The molecule has 0 unspecified atom stereocenters. The molecule has 3 heteroatoms. The Morgan fingerprint density at radius 3 is 2.27 bits per heavy atom. The Morgan fingerprint density at radius 2 is 1.91 bits per heavy atom. The molecule has 0 atom stereocenters. The molecular formula is C8H14F2O. The van der Waals surface area contributed by atoms with Crippen LogP contribution in [0, 0.1) is 0 Å². The molecule has 0 rings (SSSR count). The van der Waals surface area contributed by atoms with Gasteiger partial charge in [-0.15, -0.1) is 0 Å². The van der Waals surface area contributed by atoms with E-state index < -0.39 is 6.08 Å². The number of hydrogen-bond donors (Lipinski definition) is 0. The van der Waals surface area contributed by atoms with Crippen LogP contribution in [-0.2, 0) is 4.74 Å². The monoisotopic (exact) mass is 164 g/mol. The molecule has 0 saturated carbocycles. The number of halogens is 2. The summed E-state index contributed by atoms with van der Waals surface area (Å²) >= 11 is 0. The van der Waals surface area contributed by atoms with Crippen molar-refractivity contribution in [2.45, 2.75) is 32.6 Å². The van der Waals surface area contributed by atoms with Gasteiger partial charge in [-0.05, 0) is 6.42 Å². The molecule has 0 aliphatic heterocycles. The number of hydrogen-bond acceptors (Lipinski definition) is 1. The van der Waals surface area contributed by atoms with Crippen molar-refractivity contribution < 1.29 is 13.5 Å². The molecule has 0 aromatic heterocycles. The van der Waals surface area contributed by atoms with Gasteiger partial charge in [0.2, 0.25) is 0 Å². The van der Waals surface area contributed by atoms with Gasteiger partial charge in [0, 0.05) is 6.42 Å². The highest BCUT2D eigenvalue weighted by atomic mass is 19.3. The van der Waals surface area contributed by atoms with Crippen LogP contribution in [0.4, 0.5) is 8.78 Å². The van der Waals surface area contributed by atoms with Crippen molar-refractivity contribution in [2.75, 3.05) is 7.11 Å². The van der Waals surface area contributed by atoms with Gasteiger partial charge in [0.15, 0.2) is 5.76 Å². The van der Waals surface area contributed by atoms with E-state index in [1.165, 1.54) is 7.11 Å². The highest BCUT2D eigenvalue weighted by molar-refractivity contribution is 4.92. The van der Waals surface area contributed by atoms with Crippen LogP contribution in [0.1, 0.15) is 32.6 Å². The molecule has 0 saturated heterocycles. The molecule has 0 heterocycles. The molecule has 0 spiro atoms. The number of methoxy groups -OCH3 is 1. The van der Waals surface area contributed by atoms with E-state index in [9.17, 15) is 8.78 Å². The molecule has 0 fully saturated rings. The van der Waals surface area contributed by atoms with Gasteiger partial charge in [0.1, 0.15) is 0 Å². The van der Waals surface area contributed by atoms with Crippen LogP contribution in [0.25, 0.3) is 0 Å². The molecule has 0 aliphatic carbocycles. The van der Waals surface area contributed by atoms with Gasteiger partial charge in [-0.2, -0.15) is 8.78 Å². The third-order valence-corrected chi connectivity index (χ3v) is 1.46. The van der Waals surface area contributed by atoms with Crippen molar-refractivity contribution >= 4 is 0 Å². The normalized spacial score (nSPS) is 9.45. The average molecular weight is 164 g/mol. The topological polar surface area (TPSA) is 9.23 Å². The minimum atomic E-state index is -1.69. The van der Waals surface area contributed by atoms with E-state index in [1.54, 1.807) is 0 Å². The maximum absolute atomic E-state index is 11.9. The third-order valence-electron chi connectivity index (χ3n) is 1.46. The second kappa shape index (κ2) is 6.13. The highest BCUT2D eigenvalue weighted by Crippen LogP contribution is 2.15. The van der Waals surface area contributed by atoms with E-state index >= 15 is 0 Å². The lowest BCUT2D eigenvalue weighted by molar-refractivity contribution is 0.232. The van der Waals surface area contributed by atoms with Crippen molar-refractivity contribution in [1.29, 1.82) is 0 Å². The van der Waals surface area contributed by atoms with Crippen LogP contribution in [0.2, 0.25) is 0 Å². The van der Waals surface area contributed by atoms with Crippen LogP contribution in [0.5, 0.6) is 0 Å². The van der Waals surface area contributed by atoms with E-state index in [4.69, 9.17) is 0 Å². The molecule has 0 amide bonds. The molecular weight excluding hydrogens is 150 g/mol. The Hall–Kier alpha value is -0.600. The van der Waals surface area contributed by atoms with E-state index in [0.717, 1.165) is 19.3 Å². The van der Waals surface area contributed by atoms with Crippen LogP contribution in [0.3, 0.4) is 0 Å². The molecule has 1 nitrogen and oxygen atoms in total. The molecule has 0 bridgehead atoms. The Labute approximate surface area is 66.0 Å². The Kier molecular flexibility index (Phi) is 5.80. The molecule has 0 radical (unpaired) electrons. The number of unbranched alkanes of at least 4 members (excludes halogenated alkanes) is 2. The Morgan fingerprint density at radius 1 is 1.27 bits per heavy atom. The number of rotatable bonds is 5. The van der Waals surface area contributed by atoms with Gasteiger partial charge in [0.25, 0.3) is 0 Å². The third kappa shape index (κ3) is 4.76. The molecule has 0 aromatic rings. The fourth-order valence-electron chi connectivity index (χ4n) is 0.809. The molecule has 0 aliphatic rings. The summed E-state index contributed by atoms with van der Waals surface area (Å²) < 4.78 is 28.3. The maximum Gasteiger partial charge on any atom is 0.307 e. The van der Waals surface area contributed by atoms with Crippen molar-refractivity contribution in [3.05, 3.63) is 11.8 Å². The summed E-state index contributed by atoms with van der Waals surface area (Å²) in [6.07, 6.45) is 1.44. The van der Waals surface area contributed by atoms with Gasteiger partial charge in [0.05, 0.1) is 7.11 Å². The largest absolute Gasteiger partial charge is 0.496 e. The average Bonchev–Trinajstić information content (AvgIpc) is 1.97. The summed E-state index contributed by atoms with van der Waals surface area (Å²) in [6.45, 7) is 2.03. The predicted molar refractivity (Wildman–Crippen MR) is 40.4 cm³/mol. The minimum absolute atomic E-state index is 0.168. The summed E-state index contributed by atoms with van der Waals surface area (Å²) in [5.41, 5.74) is 0. The van der Waals surface area contributed by atoms with Crippen LogP contribution >= 0.6 is 0 Å².